The number of carbonyl (C=O) groups is 1. The molecule has 4 nitrogen and oxygen atoms in total. The first-order valence-corrected chi connectivity index (χ1v) is 6.92. The highest BCUT2D eigenvalue weighted by Crippen LogP contribution is 2.26. The average molecular weight is 275 g/mol. The van der Waals surface area contributed by atoms with Crippen molar-refractivity contribution in [2.45, 2.75) is 32.2 Å². The largest absolute Gasteiger partial charge is 0.310 e. The summed E-state index contributed by atoms with van der Waals surface area (Å²) in [6.45, 7) is 3.35. The number of anilines is 1. The van der Waals surface area contributed by atoms with E-state index in [4.69, 9.17) is 5.26 Å². The van der Waals surface area contributed by atoms with Crippen LogP contribution in [0, 0.1) is 17.1 Å². The van der Waals surface area contributed by atoms with Crippen molar-refractivity contribution in [1.29, 1.82) is 5.26 Å². The molecule has 5 heteroatoms. The Labute approximate surface area is 118 Å². The van der Waals surface area contributed by atoms with Crippen molar-refractivity contribution >= 4 is 11.6 Å². The topological polar surface area (TPSA) is 56.1 Å². The predicted octanol–water partition coefficient (Wildman–Crippen LogP) is 2.19. The number of nitriles is 1. The molecule has 1 aliphatic rings. The molecule has 0 aromatic heterocycles. The molecule has 1 unspecified atom stereocenters. The highest BCUT2D eigenvalue weighted by atomic mass is 19.1. The molecule has 0 radical (unpaired) electrons. The van der Waals surface area contributed by atoms with Crippen LogP contribution >= 0.6 is 0 Å². The van der Waals surface area contributed by atoms with E-state index in [2.05, 4.69) is 5.32 Å². The van der Waals surface area contributed by atoms with Gasteiger partial charge in [-0.3, -0.25) is 4.79 Å². The van der Waals surface area contributed by atoms with Crippen LogP contribution in [-0.4, -0.2) is 25.0 Å². The molecule has 0 aliphatic carbocycles. The zero-order valence-electron chi connectivity index (χ0n) is 11.5. The van der Waals surface area contributed by atoms with Gasteiger partial charge in [-0.15, -0.1) is 0 Å². The Balaban J connectivity index is 2.26. The lowest BCUT2D eigenvalue weighted by molar-refractivity contribution is -0.121. The van der Waals surface area contributed by atoms with Crippen LogP contribution in [0.25, 0.3) is 0 Å². The number of benzene rings is 1. The minimum Gasteiger partial charge on any atom is -0.310 e. The van der Waals surface area contributed by atoms with Crippen molar-refractivity contribution in [3.05, 3.63) is 29.6 Å². The Morgan fingerprint density at radius 1 is 1.55 bits per heavy atom. The van der Waals surface area contributed by atoms with E-state index in [0.29, 0.717) is 12.2 Å². The molecule has 1 aliphatic heterocycles. The Bertz CT molecular complexity index is 538. The summed E-state index contributed by atoms with van der Waals surface area (Å²) in [5.74, 6) is -0.659. The van der Waals surface area contributed by atoms with Crippen molar-refractivity contribution in [1.82, 2.24) is 5.32 Å². The molecule has 0 spiro atoms. The van der Waals surface area contributed by atoms with Crippen LogP contribution in [0.3, 0.4) is 0 Å². The molecule has 1 aromatic rings. The van der Waals surface area contributed by atoms with Gasteiger partial charge in [0.1, 0.15) is 17.4 Å². The first-order chi connectivity index (χ1) is 9.69. The SMILES string of the molecule is CCCNC1CCCN(c2cccc(F)c2C#N)C1=O. The number of nitrogens with zero attached hydrogens (tertiary/aromatic N) is 2. The first kappa shape index (κ1) is 14.5. The van der Waals surface area contributed by atoms with E-state index in [1.165, 1.54) is 17.0 Å². The molecule has 0 saturated carbocycles. The predicted molar refractivity (Wildman–Crippen MR) is 74.8 cm³/mol. The lowest BCUT2D eigenvalue weighted by Gasteiger charge is -2.33. The van der Waals surface area contributed by atoms with Gasteiger partial charge < -0.3 is 10.2 Å². The summed E-state index contributed by atoms with van der Waals surface area (Å²) in [6.07, 6.45) is 2.58. The molecule has 2 rings (SSSR count). The van der Waals surface area contributed by atoms with Gasteiger partial charge in [-0.2, -0.15) is 5.26 Å². The van der Waals surface area contributed by atoms with E-state index in [1.54, 1.807) is 6.07 Å². The fourth-order valence-electron chi connectivity index (χ4n) is 2.47. The number of hydrogen-bond acceptors (Lipinski definition) is 3. The summed E-state index contributed by atoms with van der Waals surface area (Å²) in [6, 6.07) is 6.01. The molecular weight excluding hydrogens is 257 g/mol. The molecule has 1 amide bonds. The summed E-state index contributed by atoms with van der Waals surface area (Å²) in [4.78, 5) is 14.0. The Hall–Kier alpha value is -1.93. The minimum absolute atomic E-state index is 0.0583. The molecule has 1 N–H and O–H groups in total. The Kier molecular flexibility index (Phi) is 4.70. The zero-order valence-corrected chi connectivity index (χ0v) is 11.5. The number of hydrogen-bond donors (Lipinski definition) is 1. The van der Waals surface area contributed by atoms with Crippen LogP contribution in [0.1, 0.15) is 31.7 Å². The van der Waals surface area contributed by atoms with Crippen molar-refractivity contribution in [3.63, 3.8) is 0 Å². The second-order valence-electron chi connectivity index (χ2n) is 4.88. The van der Waals surface area contributed by atoms with E-state index < -0.39 is 5.82 Å². The molecule has 0 bridgehead atoms. The molecule has 1 fully saturated rings. The van der Waals surface area contributed by atoms with Crippen molar-refractivity contribution in [3.8, 4) is 6.07 Å². The smallest absolute Gasteiger partial charge is 0.244 e. The maximum absolute atomic E-state index is 13.7. The quantitative estimate of drug-likeness (QED) is 0.916. The van der Waals surface area contributed by atoms with E-state index in [-0.39, 0.29) is 17.5 Å². The molecule has 20 heavy (non-hydrogen) atoms. The first-order valence-electron chi connectivity index (χ1n) is 6.92. The number of rotatable bonds is 4. The molecular formula is C15H18FN3O. The number of amides is 1. The molecule has 1 saturated heterocycles. The van der Waals surface area contributed by atoms with Crippen LogP contribution in [0.2, 0.25) is 0 Å². The van der Waals surface area contributed by atoms with Gasteiger partial charge in [0.2, 0.25) is 5.91 Å². The van der Waals surface area contributed by atoms with Crippen molar-refractivity contribution in [2.24, 2.45) is 0 Å². The zero-order chi connectivity index (χ0) is 14.5. The Morgan fingerprint density at radius 3 is 3.05 bits per heavy atom. The summed E-state index contributed by atoms with van der Waals surface area (Å²) in [5, 5.41) is 12.3. The van der Waals surface area contributed by atoms with Gasteiger partial charge in [-0.05, 0) is 37.9 Å². The lowest BCUT2D eigenvalue weighted by atomic mass is 10.0. The van der Waals surface area contributed by atoms with Gasteiger partial charge in [-0.25, -0.2) is 4.39 Å². The van der Waals surface area contributed by atoms with Crippen LogP contribution in [0.15, 0.2) is 18.2 Å². The van der Waals surface area contributed by atoms with Crippen molar-refractivity contribution in [2.75, 3.05) is 18.0 Å². The van der Waals surface area contributed by atoms with Gasteiger partial charge in [-0.1, -0.05) is 13.0 Å². The van der Waals surface area contributed by atoms with E-state index in [0.717, 1.165) is 25.8 Å². The van der Waals surface area contributed by atoms with Crippen molar-refractivity contribution < 1.29 is 9.18 Å². The summed E-state index contributed by atoms with van der Waals surface area (Å²) in [5.41, 5.74) is 0.317. The van der Waals surface area contributed by atoms with Crippen LogP contribution in [-0.2, 0) is 4.79 Å². The maximum Gasteiger partial charge on any atom is 0.244 e. The molecule has 1 atom stereocenters. The van der Waals surface area contributed by atoms with Gasteiger partial charge in [0.25, 0.3) is 0 Å². The van der Waals surface area contributed by atoms with Crippen LogP contribution in [0.4, 0.5) is 10.1 Å². The highest BCUT2D eigenvalue weighted by molar-refractivity contribution is 5.99. The number of carbonyl (C=O) groups excluding carboxylic acids is 1. The lowest BCUT2D eigenvalue weighted by Crippen LogP contribution is -2.51. The standard InChI is InChI=1S/C15H18FN3O/c1-2-8-18-13-6-4-9-19(15(13)20)14-7-3-5-12(16)11(14)10-17/h3,5,7,13,18H,2,4,6,8-9H2,1H3. The van der Waals surface area contributed by atoms with Gasteiger partial charge in [0.05, 0.1) is 11.7 Å². The summed E-state index contributed by atoms with van der Waals surface area (Å²) >= 11 is 0. The monoisotopic (exact) mass is 275 g/mol. The summed E-state index contributed by atoms with van der Waals surface area (Å²) in [7, 11) is 0. The molecule has 1 aromatic carbocycles. The highest BCUT2D eigenvalue weighted by Gasteiger charge is 2.30. The second kappa shape index (κ2) is 6.49. The molecule has 1 heterocycles. The van der Waals surface area contributed by atoms with Crippen LogP contribution < -0.4 is 10.2 Å². The Morgan fingerprint density at radius 2 is 2.35 bits per heavy atom. The minimum atomic E-state index is -0.582. The third-order valence-corrected chi connectivity index (χ3v) is 3.47. The summed E-state index contributed by atoms with van der Waals surface area (Å²) < 4.78 is 13.7. The maximum atomic E-state index is 13.7. The number of piperidine rings is 1. The van der Waals surface area contributed by atoms with Gasteiger partial charge in [0, 0.05) is 6.54 Å². The fourth-order valence-corrected chi connectivity index (χ4v) is 2.47. The number of nitrogens with one attached hydrogen (secondary N) is 1. The van der Waals surface area contributed by atoms with E-state index in [9.17, 15) is 9.18 Å². The van der Waals surface area contributed by atoms with E-state index in [1.807, 2.05) is 13.0 Å². The van der Waals surface area contributed by atoms with Crippen LogP contribution in [0.5, 0.6) is 0 Å². The number of halogens is 1. The average Bonchev–Trinajstić information content (AvgIpc) is 2.46. The molecule has 106 valence electrons. The third-order valence-electron chi connectivity index (χ3n) is 3.47. The third kappa shape index (κ3) is 2.81. The second-order valence-corrected chi connectivity index (χ2v) is 4.88. The van der Waals surface area contributed by atoms with Gasteiger partial charge in [0.15, 0.2) is 0 Å². The van der Waals surface area contributed by atoms with Gasteiger partial charge >= 0.3 is 0 Å². The van der Waals surface area contributed by atoms with E-state index >= 15 is 0 Å². The fraction of sp³-hybridized carbons (Fsp3) is 0.467. The normalized spacial score (nSPS) is 18.9.